The molecule has 4 nitrogen and oxygen atoms in total. The molecule has 0 aliphatic carbocycles. The number of hydrogen-bond acceptors (Lipinski definition) is 4. The lowest BCUT2D eigenvalue weighted by Crippen LogP contribution is -2.04. The fraction of sp³-hybridized carbons (Fsp3) is 0.268. The minimum absolute atomic E-state index is 0.0208. The van der Waals surface area contributed by atoms with Crippen molar-refractivity contribution >= 4 is 50.1 Å². The van der Waals surface area contributed by atoms with E-state index in [0.29, 0.717) is 13.2 Å². The number of carbonyl (C=O) groups is 2. The topological polar surface area (TPSA) is 52.6 Å². The number of benzene rings is 5. The van der Waals surface area contributed by atoms with Crippen LogP contribution in [0.5, 0.6) is 5.75 Å². The molecule has 0 saturated carbocycles. The van der Waals surface area contributed by atoms with Crippen LogP contribution >= 0.6 is 0 Å². The molecule has 0 heterocycles. The van der Waals surface area contributed by atoms with Crippen LogP contribution in [-0.4, -0.2) is 25.0 Å². The zero-order chi connectivity index (χ0) is 32.7. The molecule has 0 aliphatic heterocycles. The van der Waals surface area contributed by atoms with Crippen LogP contribution in [0.1, 0.15) is 58.7 Å². The molecule has 45 heavy (non-hydrogen) atoms. The van der Waals surface area contributed by atoms with E-state index in [0.717, 1.165) is 30.2 Å². The van der Waals surface area contributed by atoms with Crippen LogP contribution in [-0.2, 0) is 14.3 Å². The minimum Gasteiger partial charge on any atom is -0.494 e. The zero-order valence-electron chi connectivity index (χ0n) is 27.7. The van der Waals surface area contributed by atoms with Gasteiger partial charge in [-0.25, -0.2) is 4.79 Å². The molecule has 5 aromatic rings. The average Bonchev–Trinajstić information content (AvgIpc) is 3.01. The van der Waals surface area contributed by atoms with E-state index in [1.807, 2.05) is 24.3 Å². The van der Waals surface area contributed by atoms with Gasteiger partial charge in [0.15, 0.2) is 5.78 Å². The average molecular weight is 601 g/mol. The molecule has 0 amide bonds. The summed E-state index contributed by atoms with van der Waals surface area (Å²) in [6, 6.07) is 21.7. The van der Waals surface area contributed by atoms with Gasteiger partial charge in [-0.3, -0.25) is 4.79 Å². The van der Waals surface area contributed by atoms with E-state index < -0.39 is 5.97 Å². The molecule has 0 N–H and O–H groups in total. The van der Waals surface area contributed by atoms with Gasteiger partial charge in [0.05, 0.1) is 13.2 Å². The highest BCUT2D eigenvalue weighted by atomic mass is 16.5. The van der Waals surface area contributed by atoms with Gasteiger partial charge in [-0.05, 0) is 151 Å². The Morgan fingerprint density at radius 1 is 0.622 bits per heavy atom. The summed E-state index contributed by atoms with van der Waals surface area (Å²) >= 11 is 0. The number of allylic oxidation sites excluding steroid dienone is 1. The molecule has 5 rings (SSSR count). The molecule has 0 atom stereocenters. The van der Waals surface area contributed by atoms with Crippen molar-refractivity contribution < 1.29 is 19.1 Å². The SMILES string of the molecule is C=CC(=O)OCCCCOc1ccc(/C=C/C(C)=O)cc1.Cc1cc2c3cc(C)c(C)cc3c3cc(C)c(C)cc3c2cc1C. The van der Waals surface area contributed by atoms with Gasteiger partial charge >= 0.3 is 5.97 Å². The maximum atomic E-state index is 10.8. The number of hydrogen-bond donors (Lipinski definition) is 0. The van der Waals surface area contributed by atoms with Crippen LogP contribution in [0.3, 0.4) is 0 Å². The third-order valence-electron chi connectivity index (χ3n) is 8.38. The lowest BCUT2D eigenvalue weighted by molar-refractivity contribution is -0.137. The number of carbonyl (C=O) groups excluding carboxylic acids is 2. The number of esters is 1. The normalized spacial score (nSPS) is 11.1. The summed E-state index contributed by atoms with van der Waals surface area (Å²) in [5.41, 5.74) is 9.15. The number of unbranched alkanes of at least 4 members (excludes halogenated alkanes) is 1. The van der Waals surface area contributed by atoms with Crippen molar-refractivity contribution in [1.29, 1.82) is 0 Å². The summed E-state index contributed by atoms with van der Waals surface area (Å²) in [5.74, 6) is 0.399. The third kappa shape index (κ3) is 8.27. The second kappa shape index (κ2) is 14.9. The van der Waals surface area contributed by atoms with Crippen molar-refractivity contribution in [2.45, 2.75) is 61.3 Å². The molecule has 4 heteroatoms. The first-order valence-corrected chi connectivity index (χ1v) is 15.5. The van der Waals surface area contributed by atoms with Crippen LogP contribution in [0.2, 0.25) is 0 Å². The van der Waals surface area contributed by atoms with Gasteiger partial charge in [0.1, 0.15) is 5.75 Å². The van der Waals surface area contributed by atoms with Gasteiger partial charge in [0, 0.05) is 6.08 Å². The van der Waals surface area contributed by atoms with E-state index in [1.165, 1.54) is 78.7 Å². The Morgan fingerprint density at radius 2 is 1.00 bits per heavy atom. The quantitative estimate of drug-likeness (QED) is 0.0731. The molecule has 0 aliphatic rings. The molecular formula is C41H44O4. The van der Waals surface area contributed by atoms with Crippen molar-refractivity contribution in [3.8, 4) is 5.75 Å². The Labute approximate surface area is 267 Å². The van der Waals surface area contributed by atoms with Crippen LogP contribution in [0.4, 0.5) is 0 Å². The van der Waals surface area contributed by atoms with Gasteiger partial charge in [-0.2, -0.15) is 0 Å². The minimum atomic E-state index is -0.398. The van der Waals surface area contributed by atoms with Gasteiger partial charge < -0.3 is 9.47 Å². The van der Waals surface area contributed by atoms with E-state index in [1.54, 1.807) is 6.08 Å². The number of ether oxygens (including phenoxy) is 2. The molecule has 5 aromatic carbocycles. The van der Waals surface area contributed by atoms with Crippen LogP contribution in [0.25, 0.3) is 38.4 Å². The highest BCUT2D eigenvalue weighted by molar-refractivity contribution is 6.26. The van der Waals surface area contributed by atoms with Gasteiger partial charge in [0.25, 0.3) is 0 Å². The Kier molecular flexibility index (Phi) is 11.0. The highest BCUT2D eigenvalue weighted by Gasteiger charge is 2.12. The first-order chi connectivity index (χ1) is 21.5. The van der Waals surface area contributed by atoms with Crippen LogP contribution < -0.4 is 4.74 Å². The van der Waals surface area contributed by atoms with E-state index >= 15 is 0 Å². The van der Waals surface area contributed by atoms with Crippen molar-refractivity contribution in [3.63, 3.8) is 0 Å². The van der Waals surface area contributed by atoms with Gasteiger partial charge in [-0.1, -0.05) is 61.2 Å². The van der Waals surface area contributed by atoms with E-state index in [9.17, 15) is 9.59 Å². The first kappa shape index (κ1) is 33.2. The van der Waals surface area contributed by atoms with Crippen molar-refractivity contribution in [3.05, 3.63) is 118 Å². The lowest BCUT2D eigenvalue weighted by atomic mass is 9.88. The van der Waals surface area contributed by atoms with E-state index in [-0.39, 0.29) is 5.78 Å². The second-order valence-corrected chi connectivity index (χ2v) is 11.9. The summed E-state index contributed by atoms with van der Waals surface area (Å²) in [6.07, 6.45) is 5.99. The summed E-state index contributed by atoms with van der Waals surface area (Å²) in [7, 11) is 0. The molecule has 0 aromatic heterocycles. The predicted molar refractivity (Wildman–Crippen MR) is 189 cm³/mol. The summed E-state index contributed by atoms with van der Waals surface area (Å²) in [5, 5.41) is 8.29. The summed E-state index contributed by atoms with van der Waals surface area (Å²) < 4.78 is 10.4. The van der Waals surface area contributed by atoms with Crippen molar-refractivity contribution in [2.24, 2.45) is 0 Å². The number of rotatable bonds is 9. The molecule has 0 unspecified atom stereocenters. The van der Waals surface area contributed by atoms with Crippen molar-refractivity contribution in [2.75, 3.05) is 13.2 Å². The highest BCUT2D eigenvalue weighted by Crippen LogP contribution is 2.38. The zero-order valence-corrected chi connectivity index (χ0v) is 27.7. The Hall–Kier alpha value is -4.70. The molecular weight excluding hydrogens is 556 g/mol. The maximum Gasteiger partial charge on any atom is 0.330 e. The number of aryl methyl sites for hydroxylation is 6. The van der Waals surface area contributed by atoms with Crippen LogP contribution in [0, 0.1) is 41.5 Å². The number of fused-ring (bicyclic) bond motifs is 6. The van der Waals surface area contributed by atoms with Crippen LogP contribution in [0.15, 0.2) is 79.4 Å². The lowest BCUT2D eigenvalue weighted by Gasteiger charge is -2.16. The summed E-state index contributed by atoms with van der Waals surface area (Å²) in [6.45, 7) is 19.1. The monoisotopic (exact) mass is 600 g/mol. The predicted octanol–water partition coefficient (Wildman–Crippen LogP) is 10.2. The molecule has 0 saturated heterocycles. The Morgan fingerprint density at radius 3 is 1.36 bits per heavy atom. The molecule has 232 valence electrons. The Balaban J connectivity index is 0.000000207. The summed E-state index contributed by atoms with van der Waals surface area (Å²) in [4.78, 5) is 21.6. The third-order valence-corrected chi connectivity index (χ3v) is 8.38. The molecule has 0 bridgehead atoms. The molecule has 0 spiro atoms. The van der Waals surface area contributed by atoms with Gasteiger partial charge in [-0.15, -0.1) is 0 Å². The smallest absolute Gasteiger partial charge is 0.330 e. The van der Waals surface area contributed by atoms with E-state index in [2.05, 4.69) is 84.5 Å². The van der Waals surface area contributed by atoms with Gasteiger partial charge in [0.2, 0.25) is 0 Å². The first-order valence-electron chi connectivity index (χ1n) is 15.5. The molecule has 0 radical (unpaired) electrons. The van der Waals surface area contributed by atoms with E-state index in [4.69, 9.17) is 9.47 Å². The fourth-order valence-corrected chi connectivity index (χ4v) is 5.30. The van der Waals surface area contributed by atoms with Crippen molar-refractivity contribution in [1.82, 2.24) is 0 Å². The maximum absolute atomic E-state index is 10.8. The molecule has 0 fully saturated rings. The number of ketones is 1. The fourth-order valence-electron chi connectivity index (χ4n) is 5.30. The largest absolute Gasteiger partial charge is 0.494 e. The second-order valence-electron chi connectivity index (χ2n) is 11.9. The standard InChI is InChI=1S/C24H24.C17H20O4/c1-13-7-19-20(8-14(13)2)22-10-16(4)18(6)12-24(22)23-11-17(5)15(3)9-21(19)23;1-3-17(19)21-13-5-4-12-20-16-10-8-15(9-11-16)7-6-14(2)18/h7-12H,1-6H3;3,6-11H,1,4-5,12-13H2,2H3/b;7-6+. The Bertz CT molecular complexity index is 1640.